The first kappa shape index (κ1) is 22.6. The molecule has 0 saturated carbocycles. The van der Waals surface area contributed by atoms with Crippen molar-refractivity contribution in [2.75, 3.05) is 11.9 Å². The Kier molecular flexibility index (Phi) is 6.88. The highest BCUT2D eigenvalue weighted by molar-refractivity contribution is 6.04. The van der Waals surface area contributed by atoms with Gasteiger partial charge >= 0.3 is 0 Å². The first-order valence-corrected chi connectivity index (χ1v) is 10.6. The van der Waals surface area contributed by atoms with Crippen molar-refractivity contribution in [1.82, 2.24) is 10.9 Å². The Morgan fingerprint density at radius 3 is 2.38 bits per heavy atom. The zero-order valence-corrected chi connectivity index (χ0v) is 18.5. The average Bonchev–Trinajstić information content (AvgIpc) is 3.27. The molecule has 34 heavy (non-hydrogen) atoms. The second kappa shape index (κ2) is 10.4. The number of hydrogen-bond donors (Lipinski definition) is 3. The summed E-state index contributed by atoms with van der Waals surface area (Å²) in [4.78, 5) is 36.4. The van der Waals surface area contributed by atoms with Gasteiger partial charge in [-0.3, -0.25) is 25.2 Å². The summed E-state index contributed by atoms with van der Waals surface area (Å²) < 4.78 is 11.0. The molecule has 0 atom stereocenters. The van der Waals surface area contributed by atoms with Crippen molar-refractivity contribution in [3.8, 4) is 5.75 Å². The lowest BCUT2D eigenvalue weighted by Gasteiger charge is -2.09. The van der Waals surface area contributed by atoms with Gasteiger partial charge in [-0.2, -0.15) is 0 Å². The van der Waals surface area contributed by atoms with Crippen molar-refractivity contribution in [3.63, 3.8) is 0 Å². The van der Waals surface area contributed by atoms with Gasteiger partial charge in [-0.15, -0.1) is 0 Å². The largest absolute Gasteiger partial charge is 0.484 e. The summed E-state index contributed by atoms with van der Waals surface area (Å²) in [5, 5.41) is 3.62. The van der Waals surface area contributed by atoms with Crippen molar-refractivity contribution in [1.29, 1.82) is 0 Å². The molecule has 1 aromatic heterocycles. The number of hydrogen-bond acceptors (Lipinski definition) is 5. The highest BCUT2D eigenvalue weighted by Crippen LogP contribution is 2.20. The van der Waals surface area contributed by atoms with Crippen molar-refractivity contribution >= 4 is 34.4 Å². The average molecular weight is 457 g/mol. The molecule has 3 N–H and O–H groups in total. The quantitative estimate of drug-likeness (QED) is 0.366. The number of nitrogens with one attached hydrogen (secondary N) is 3. The van der Waals surface area contributed by atoms with Gasteiger partial charge < -0.3 is 14.5 Å². The van der Waals surface area contributed by atoms with E-state index in [1.807, 2.05) is 43.3 Å². The van der Waals surface area contributed by atoms with Crippen LogP contribution in [0.4, 0.5) is 5.69 Å². The Morgan fingerprint density at radius 2 is 1.62 bits per heavy atom. The van der Waals surface area contributed by atoms with E-state index in [0.717, 1.165) is 10.9 Å². The molecule has 0 saturated heterocycles. The second-order valence-corrected chi connectivity index (χ2v) is 7.68. The standard InChI is InChI=1S/C26H23N3O5/c1-17-5-4-7-21(13-17)33-16-25(31)29-28-24(30)14-18-9-11-20(12-10-18)27-26(32)23-15-19-6-2-3-8-22(19)34-23/h2-13,15H,14,16H2,1H3,(H,27,32)(H,28,30)(H,29,31). The Morgan fingerprint density at radius 1 is 0.853 bits per heavy atom. The van der Waals surface area contributed by atoms with Gasteiger partial charge in [0.25, 0.3) is 11.8 Å². The molecular formula is C26H23N3O5. The number of anilines is 1. The first-order valence-electron chi connectivity index (χ1n) is 10.6. The van der Waals surface area contributed by atoms with Gasteiger partial charge in [-0.05, 0) is 54.4 Å². The van der Waals surface area contributed by atoms with E-state index in [2.05, 4.69) is 16.2 Å². The lowest BCUT2D eigenvalue weighted by molar-refractivity contribution is -0.129. The van der Waals surface area contributed by atoms with E-state index in [0.29, 0.717) is 22.6 Å². The van der Waals surface area contributed by atoms with Crippen molar-refractivity contribution < 1.29 is 23.5 Å². The smallest absolute Gasteiger partial charge is 0.291 e. The number of aryl methyl sites for hydroxylation is 1. The number of ether oxygens (including phenoxy) is 1. The van der Waals surface area contributed by atoms with Crippen molar-refractivity contribution in [3.05, 3.63) is 95.7 Å². The summed E-state index contributed by atoms with van der Waals surface area (Å²) in [6.07, 6.45) is 0.0524. The molecule has 0 fully saturated rings. The van der Waals surface area contributed by atoms with Crippen LogP contribution < -0.4 is 20.9 Å². The third-order valence-electron chi connectivity index (χ3n) is 4.93. The molecule has 0 aliphatic rings. The van der Waals surface area contributed by atoms with Crippen LogP contribution in [0.25, 0.3) is 11.0 Å². The molecule has 3 amide bonds. The highest BCUT2D eigenvalue weighted by atomic mass is 16.5. The van der Waals surface area contributed by atoms with Crippen molar-refractivity contribution in [2.24, 2.45) is 0 Å². The Bertz CT molecular complexity index is 1290. The summed E-state index contributed by atoms with van der Waals surface area (Å²) in [6.45, 7) is 1.71. The molecule has 3 aromatic carbocycles. The molecule has 0 unspecified atom stereocenters. The van der Waals surface area contributed by atoms with Gasteiger partial charge in [0, 0.05) is 11.1 Å². The lowest BCUT2D eigenvalue weighted by Crippen LogP contribution is -2.44. The van der Waals surface area contributed by atoms with Crippen molar-refractivity contribution in [2.45, 2.75) is 13.3 Å². The van der Waals surface area contributed by atoms with E-state index in [9.17, 15) is 14.4 Å². The Hall–Kier alpha value is -4.59. The molecule has 0 spiro atoms. The molecule has 0 aliphatic carbocycles. The van der Waals surface area contributed by atoms with Gasteiger partial charge in [0.05, 0.1) is 6.42 Å². The van der Waals surface area contributed by atoms with E-state index in [1.165, 1.54) is 0 Å². The zero-order chi connectivity index (χ0) is 23.9. The van der Waals surface area contributed by atoms with Crippen LogP contribution in [0.1, 0.15) is 21.7 Å². The minimum absolute atomic E-state index is 0.0524. The van der Waals surface area contributed by atoms with Crippen LogP contribution in [-0.4, -0.2) is 24.3 Å². The molecule has 1 heterocycles. The van der Waals surface area contributed by atoms with E-state index < -0.39 is 5.91 Å². The fraction of sp³-hybridized carbons (Fsp3) is 0.115. The maximum atomic E-state index is 12.4. The molecule has 0 aliphatic heterocycles. The number of para-hydroxylation sites is 1. The summed E-state index contributed by atoms with van der Waals surface area (Å²) in [6, 6.07) is 23.2. The van der Waals surface area contributed by atoms with Crippen LogP contribution in [0, 0.1) is 6.92 Å². The minimum Gasteiger partial charge on any atom is -0.484 e. The number of hydrazine groups is 1. The Labute approximate surface area is 195 Å². The minimum atomic E-state index is -0.474. The van der Waals surface area contributed by atoms with E-state index in [1.54, 1.807) is 42.5 Å². The maximum absolute atomic E-state index is 12.4. The predicted molar refractivity (Wildman–Crippen MR) is 127 cm³/mol. The van der Waals surface area contributed by atoms with E-state index in [4.69, 9.17) is 9.15 Å². The fourth-order valence-corrected chi connectivity index (χ4v) is 3.25. The van der Waals surface area contributed by atoms with Crippen LogP contribution >= 0.6 is 0 Å². The molecule has 4 aromatic rings. The SMILES string of the molecule is Cc1cccc(OCC(=O)NNC(=O)Cc2ccc(NC(=O)c3cc4ccccc4o3)cc2)c1. The maximum Gasteiger partial charge on any atom is 0.291 e. The van der Waals surface area contributed by atoms with Gasteiger partial charge in [-0.1, -0.05) is 42.5 Å². The van der Waals surface area contributed by atoms with Crippen LogP contribution in [0.15, 0.2) is 83.3 Å². The number of carbonyl (C=O) groups excluding carboxylic acids is 3. The molecule has 8 nitrogen and oxygen atoms in total. The normalized spacial score (nSPS) is 10.5. The molecular weight excluding hydrogens is 434 g/mol. The summed E-state index contributed by atoms with van der Waals surface area (Å²) in [7, 11) is 0. The van der Waals surface area contributed by atoms with Crippen LogP contribution in [0.5, 0.6) is 5.75 Å². The van der Waals surface area contributed by atoms with Gasteiger partial charge in [0.2, 0.25) is 5.91 Å². The number of amides is 3. The van der Waals surface area contributed by atoms with Gasteiger partial charge in [-0.25, -0.2) is 0 Å². The zero-order valence-electron chi connectivity index (χ0n) is 18.5. The molecule has 0 radical (unpaired) electrons. The number of fused-ring (bicyclic) bond motifs is 1. The molecule has 4 rings (SSSR count). The molecule has 172 valence electrons. The third kappa shape index (κ3) is 6.01. The Balaban J connectivity index is 1.22. The summed E-state index contributed by atoms with van der Waals surface area (Å²) >= 11 is 0. The number of benzene rings is 3. The topological polar surface area (TPSA) is 110 Å². The number of furan rings is 1. The van der Waals surface area contributed by atoms with Crippen LogP contribution in [-0.2, 0) is 16.0 Å². The molecule has 0 bridgehead atoms. The number of rotatable bonds is 7. The molecule has 8 heteroatoms. The van der Waals surface area contributed by atoms with Gasteiger partial charge in [0.1, 0.15) is 11.3 Å². The summed E-state index contributed by atoms with van der Waals surface area (Å²) in [5.74, 6) is -0.431. The predicted octanol–water partition coefficient (Wildman–Crippen LogP) is 3.76. The second-order valence-electron chi connectivity index (χ2n) is 7.68. The number of carbonyl (C=O) groups is 3. The van der Waals surface area contributed by atoms with E-state index >= 15 is 0 Å². The third-order valence-corrected chi connectivity index (χ3v) is 4.93. The van der Waals surface area contributed by atoms with Crippen LogP contribution in [0.2, 0.25) is 0 Å². The van der Waals surface area contributed by atoms with E-state index in [-0.39, 0.29) is 30.6 Å². The monoisotopic (exact) mass is 457 g/mol. The van der Waals surface area contributed by atoms with Gasteiger partial charge in [0.15, 0.2) is 12.4 Å². The first-order chi connectivity index (χ1) is 16.5. The highest BCUT2D eigenvalue weighted by Gasteiger charge is 2.13. The fourth-order valence-electron chi connectivity index (χ4n) is 3.25. The lowest BCUT2D eigenvalue weighted by atomic mass is 10.1. The summed E-state index contributed by atoms with van der Waals surface area (Å²) in [5.41, 5.74) is 7.62. The van der Waals surface area contributed by atoms with Crippen LogP contribution in [0.3, 0.4) is 0 Å².